The summed E-state index contributed by atoms with van der Waals surface area (Å²) in [5.74, 6) is 0.388. The van der Waals surface area contributed by atoms with Gasteiger partial charge < -0.3 is 4.98 Å². The van der Waals surface area contributed by atoms with Crippen LogP contribution in [0.5, 0.6) is 0 Å². The number of rotatable bonds is 2. The van der Waals surface area contributed by atoms with Crippen LogP contribution in [0.2, 0.25) is 0 Å². The molecule has 100 valence electrons. The second-order valence-electron chi connectivity index (χ2n) is 4.91. The van der Waals surface area contributed by atoms with Gasteiger partial charge in [-0.05, 0) is 18.9 Å². The molecule has 2 heterocycles. The summed E-state index contributed by atoms with van der Waals surface area (Å²) in [4.78, 5) is 22.8. The minimum atomic E-state index is -1.25. The third kappa shape index (κ3) is 2.32. The van der Waals surface area contributed by atoms with Crippen LogP contribution < -0.4 is 5.56 Å². The smallest absolute Gasteiger partial charge is 0.249 e. The van der Waals surface area contributed by atoms with E-state index in [1.165, 1.54) is 18.9 Å². The van der Waals surface area contributed by atoms with Crippen LogP contribution in [0.25, 0.3) is 11.0 Å². The molecule has 0 saturated heterocycles. The number of fused-ring (bicyclic) bond motifs is 1. The highest BCUT2D eigenvalue weighted by Gasteiger charge is 2.22. The van der Waals surface area contributed by atoms with Crippen LogP contribution >= 0.6 is 0 Å². The fourth-order valence-electron chi connectivity index (χ4n) is 2.68. The summed E-state index contributed by atoms with van der Waals surface area (Å²) in [6.45, 7) is 0. The number of H-pyrrole nitrogens is 1. The van der Waals surface area contributed by atoms with E-state index >= 15 is 0 Å². The largest absolute Gasteiger partial charge is 0.306 e. The Bertz CT molecular complexity index is 705. The Balaban J connectivity index is 2.27. The first-order valence-corrected chi connectivity index (χ1v) is 7.95. The number of aromatic amines is 1. The Hall–Kier alpha value is -1.56. The van der Waals surface area contributed by atoms with Gasteiger partial charge in [0.25, 0.3) is 0 Å². The third-order valence-corrected chi connectivity index (χ3v) is 4.29. The van der Waals surface area contributed by atoms with Crippen LogP contribution in [-0.2, 0) is 10.8 Å². The van der Waals surface area contributed by atoms with Gasteiger partial charge in [-0.25, -0.2) is 9.97 Å². The molecule has 1 saturated carbocycles. The van der Waals surface area contributed by atoms with Gasteiger partial charge in [-0.1, -0.05) is 12.8 Å². The fourth-order valence-corrected chi connectivity index (χ4v) is 3.13. The van der Waals surface area contributed by atoms with Gasteiger partial charge in [-0.3, -0.25) is 9.00 Å². The first-order valence-electron chi connectivity index (χ1n) is 6.39. The lowest BCUT2D eigenvalue weighted by Crippen LogP contribution is -2.10. The topological polar surface area (TPSA) is 75.7 Å². The maximum absolute atomic E-state index is 11.6. The second kappa shape index (κ2) is 4.85. The Morgan fingerprint density at radius 2 is 2.00 bits per heavy atom. The number of nitrogens with zero attached hydrogens (tertiary/aromatic N) is 2. The van der Waals surface area contributed by atoms with E-state index in [-0.39, 0.29) is 5.56 Å². The standard InChI is InChI=1S/C13H15N3O2S/c1-19(18)13-15-11(8-4-2-3-5-8)9-6-7-10(17)14-12(9)16-13/h6-8H,2-5H2,1H3,(H,14,15,16,17). The van der Waals surface area contributed by atoms with Crippen molar-refractivity contribution in [1.29, 1.82) is 0 Å². The van der Waals surface area contributed by atoms with Crippen molar-refractivity contribution < 1.29 is 4.21 Å². The molecule has 2 aromatic heterocycles. The zero-order chi connectivity index (χ0) is 13.4. The molecule has 0 amide bonds. The molecule has 1 aliphatic rings. The van der Waals surface area contributed by atoms with Crippen molar-refractivity contribution in [3.05, 3.63) is 28.2 Å². The molecule has 1 fully saturated rings. The highest BCUT2D eigenvalue weighted by atomic mass is 32.2. The SMILES string of the molecule is CS(=O)c1nc(C2CCCC2)c2ccc(=O)[nH]c2n1. The number of pyridine rings is 1. The van der Waals surface area contributed by atoms with E-state index in [1.54, 1.807) is 12.3 Å². The predicted octanol–water partition coefficient (Wildman–Crippen LogP) is 1.71. The molecule has 6 heteroatoms. The summed E-state index contributed by atoms with van der Waals surface area (Å²) in [6.07, 6.45) is 6.15. The monoisotopic (exact) mass is 277 g/mol. The quantitative estimate of drug-likeness (QED) is 0.848. The van der Waals surface area contributed by atoms with E-state index in [4.69, 9.17) is 0 Å². The highest BCUT2D eigenvalue weighted by molar-refractivity contribution is 7.84. The molecule has 19 heavy (non-hydrogen) atoms. The number of hydrogen-bond acceptors (Lipinski definition) is 4. The van der Waals surface area contributed by atoms with Crippen LogP contribution in [0.3, 0.4) is 0 Å². The van der Waals surface area contributed by atoms with Crippen molar-refractivity contribution in [2.24, 2.45) is 0 Å². The Morgan fingerprint density at radius 3 is 2.68 bits per heavy atom. The van der Waals surface area contributed by atoms with Crippen LogP contribution in [0.1, 0.15) is 37.3 Å². The van der Waals surface area contributed by atoms with Gasteiger partial charge in [0.2, 0.25) is 10.7 Å². The van der Waals surface area contributed by atoms with E-state index in [0.717, 1.165) is 23.9 Å². The normalized spacial score (nSPS) is 17.9. The first-order chi connectivity index (χ1) is 9.15. The van der Waals surface area contributed by atoms with E-state index in [9.17, 15) is 9.00 Å². The van der Waals surface area contributed by atoms with Crippen molar-refractivity contribution in [2.45, 2.75) is 36.8 Å². The lowest BCUT2D eigenvalue weighted by Gasteiger charge is -2.12. The van der Waals surface area contributed by atoms with Gasteiger partial charge in [0.1, 0.15) is 5.65 Å². The lowest BCUT2D eigenvalue weighted by atomic mass is 10.0. The zero-order valence-corrected chi connectivity index (χ0v) is 11.5. The summed E-state index contributed by atoms with van der Waals surface area (Å²) in [6, 6.07) is 3.26. The van der Waals surface area contributed by atoms with E-state index in [1.807, 2.05) is 0 Å². The van der Waals surface area contributed by atoms with Crippen LogP contribution in [0.4, 0.5) is 0 Å². The van der Waals surface area contributed by atoms with Crippen molar-refractivity contribution >= 4 is 21.8 Å². The molecule has 1 N–H and O–H groups in total. The lowest BCUT2D eigenvalue weighted by molar-refractivity contribution is 0.666. The number of aromatic nitrogens is 3. The van der Waals surface area contributed by atoms with Gasteiger partial charge in [-0.15, -0.1) is 0 Å². The van der Waals surface area contributed by atoms with Gasteiger partial charge in [0, 0.05) is 23.6 Å². The van der Waals surface area contributed by atoms with Gasteiger partial charge in [0.15, 0.2) is 0 Å². The molecule has 0 bridgehead atoms. The van der Waals surface area contributed by atoms with E-state index in [0.29, 0.717) is 16.7 Å². The van der Waals surface area contributed by atoms with Gasteiger partial charge >= 0.3 is 0 Å². The molecule has 0 radical (unpaired) electrons. The molecular weight excluding hydrogens is 262 g/mol. The summed E-state index contributed by atoms with van der Waals surface area (Å²) >= 11 is 0. The number of hydrogen-bond donors (Lipinski definition) is 1. The molecule has 1 atom stereocenters. The molecule has 1 aliphatic carbocycles. The maximum Gasteiger partial charge on any atom is 0.249 e. The molecule has 0 spiro atoms. The van der Waals surface area contributed by atoms with Crippen LogP contribution in [0.15, 0.2) is 22.1 Å². The molecule has 0 aromatic carbocycles. The van der Waals surface area contributed by atoms with E-state index < -0.39 is 10.8 Å². The highest BCUT2D eigenvalue weighted by Crippen LogP contribution is 2.35. The minimum absolute atomic E-state index is 0.198. The summed E-state index contributed by atoms with van der Waals surface area (Å²) < 4.78 is 11.6. The Morgan fingerprint density at radius 1 is 1.26 bits per heavy atom. The van der Waals surface area contributed by atoms with E-state index in [2.05, 4.69) is 15.0 Å². The molecule has 0 aliphatic heterocycles. The molecule has 5 nitrogen and oxygen atoms in total. The van der Waals surface area contributed by atoms with Crippen LogP contribution in [0, 0.1) is 0 Å². The average Bonchev–Trinajstić information content (AvgIpc) is 2.90. The molecule has 3 rings (SSSR count). The van der Waals surface area contributed by atoms with Crippen molar-refractivity contribution in [3.8, 4) is 0 Å². The predicted molar refractivity (Wildman–Crippen MR) is 73.7 cm³/mol. The Labute approximate surface area is 112 Å². The van der Waals surface area contributed by atoms with Gasteiger partial charge in [0.05, 0.1) is 16.5 Å². The average molecular weight is 277 g/mol. The third-order valence-electron chi connectivity index (χ3n) is 3.60. The van der Waals surface area contributed by atoms with Crippen molar-refractivity contribution in [3.63, 3.8) is 0 Å². The van der Waals surface area contributed by atoms with Gasteiger partial charge in [-0.2, -0.15) is 0 Å². The molecular formula is C13H15N3O2S. The number of nitrogens with one attached hydrogen (secondary N) is 1. The van der Waals surface area contributed by atoms with Crippen molar-refractivity contribution in [2.75, 3.05) is 6.26 Å². The first kappa shape index (κ1) is 12.5. The zero-order valence-electron chi connectivity index (χ0n) is 10.7. The summed E-state index contributed by atoms with van der Waals surface area (Å²) in [7, 11) is -1.25. The minimum Gasteiger partial charge on any atom is -0.306 e. The van der Waals surface area contributed by atoms with Crippen LogP contribution in [-0.4, -0.2) is 25.4 Å². The molecule has 1 unspecified atom stereocenters. The summed E-state index contributed by atoms with van der Waals surface area (Å²) in [5.41, 5.74) is 1.23. The fraction of sp³-hybridized carbons (Fsp3) is 0.462. The Kier molecular flexibility index (Phi) is 3.18. The summed E-state index contributed by atoms with van der Waals surface area (Å²) in [5, 5.41) is 1.18. The second-order valence-corrected chi connectivity index (χ2v) is 6.19. The maximum atomic E-state index is 11.6. The van der Waals surface area contributed by atoms with Crippen molar-refractivity contribution in [1.82, 2.24) is 15.0 Å². The molecule has 2 aromatic rings.